The zero-order valence-electron chi connectivity index (χ0n) is 41.7. The van der Waals surface area contributed by atoms with Crippen LogP contribution in [0.3, 0.4) is 0 Å². The van der Waals surface area contributed by atoms with E-state index in [4.69, 9.17) is 13.3 Å². The van der Waals surface area contributed by atoms with E-state index in [1.807, 2.05) is 101 Å². The molecule has 0 aliphatic heterocycles. The van der Waals surface area contributed by atoms with Crippen molar-refractivity contribution in [3.05, 3.63) is 216 Å². The fraction of sp³-hybridized carbons (Fsp3) is 0.118. The van der Waals surface area contributed by atoms with Crippen molar-refractivity contribution in [2.24, 2.45) is 0 Å². The van der Waals surface area contributed by atoms with Crippen LogP contribution in [0.1, 0.15) is 54.0 Å². The molecule has 348 valence electrons. The van der Waals surface area contributed by atoms with Crippen LogP contribution in [0.2, 0.25) is 0 Å². The number of para-hydroxylation sites is 3. The third kappa shape index (κ3) is 8.59. The molecule has 0 bridgehead atoms. The Balaban J connectivity index is 0.000000259. The molecule has 0 unspecified atom stereocenters. The summed E-state index contributed by atoms with van der Waals surface area (Å²) in [6.45, 7) is 22.5. The Kier molecular flexibility index (Phi) is 12.5. The van der Waals surface area contributed by atoms with Gasteiger partial charge in [0.05, 0.1) is 0 Å². The van der Waals surface area contributed by atoms with E-state index in [1.54, 1.807) is 0 Å². The standard InChI is InChI=1S/C50H34O2.C10H8O.C6H10.C2H6/c1-50(2,3)35-24-33-18-22-40-42(30-14-12-29(13-15-30)31-16-20-38-36-8-4-6-10-44(36)51-46(38)26-31)28-43(41-23-19-34(25-35)48(33)49(40)41)32-17-21-39-37-9-5-7-11-45(37)52-47(39)27-32;1-7-8(2)11-10-6-4-3-5-9(7)10;1-3-5-6-4-2;1-2/h4-28H,1-3H3;3-6H,1-2H2;3-6H,1-2H3;1-2H3/b;;5-3-,6-4-;. The zero-order chi connectivity index (χ0) is 49.4. The van der Waals surface area contributed by atoms with Gasteiger partial charge in [-0.25, -0.2) is 0 Å². The van der Waals surface area contributed by atoms with Crippen LogP contribution >= 0.6 is 0 Å². The van der Waals surface area contributed by atoms with Crippen LogP contribution in [-0.2, 0) is 5.41 Å². The number of benzene rings is 10. The minimum atomic E-state index is 0.0550. The van der Waals surface area contributed by atoms with E-state index in [1.165, 1.54) is 54.6 Å². The average Bonchev–Trinajstić information content (AvgIpc) is 4.07. The molecular weight excluding hydrogens is 865 g/mol. The number of fused-ring (bicyclic) bond motifs is 7. The van der Waals surface area contributed by atoms with Crippen LogP contribution in [0.15, 0.2) is 213 Å². The van der Waals surface area contributed by atoms with Crippen LogP contribution in [-0.4, -0.2) is 0 Å². The van der Waals surface area contributed by atoms with E-state index in [0.29, 0.717) is 5.42 Å². The summed E-state index contributed by atoms with van der Waals surface area (Å²) in [5.41, 5.74) is 13.7. The van der Waals surface area contributed by atoms with Crippen molar-refractivity contribution in [3.8, 4) is 33.4 Å². The largest absolute Gasteiger partial charge is 0.457 e. The monoisotopic (exact) mass is 922 g/mol. The lowest BCUT2D eigenvalue weighted by molar-refractivity contribution is 0.577. The van der Waals surface area contributed by atoms with Gasteiger partial charge in [-0.15, -0.1) is 0 Å². The first-order valence-electron chi connectivity index (χ1n) is 24.7. The summed E-state index contributed by atoms with van der Waals surface area (Å²) >= 11 is 0. The summed E-state index contributed by atoms with van der Waals surface area (Å²) in [5, 5.41) is 14.3. The maximum absolute atomic E-state index is 6.39. The molecule has 3 aromatic heterocycles. The van der Waals surface area contributed by atoms with Gasteiger partial charge in [-0.3, -0.25) is 0 Å². The molecule has 3 nitrogen and oxygen atoms in total. The summed E-state index contributed by atoms with van der Waals surface area (Å²) in [6.07, 6.45) is 8.00. The molecule has 0 saturated heterocycles. The van der Waals surface area contributed by atoms with E-state index in [-0.39, 0.29) is 5.41 Å². The number of allylic oxidation sites excluding steroid dienone is 4. The molecule has 0 N–H and O–H groups in total. The van der Waals surface area contributed by atoms with Crippen LogP contribution < -0.4 is 10.6 Å². The summed E-state index contributed by atoms with van der Waals surface area (Å²) in [7, 11) is 0. The molecule has 71 heavy (non-hydrogen) atoms. The average molecular weight is 923 g/mol. The molecule has 3 heteroatoms. The molecule has 0 aliphatic carbocycles. The van der Waals surface area contributed by atoms with Gasteiger partial charge in [0.1, 0.15) is 33.3 Å². The van der Waals surface area contributed by atoms with Crippen molar-refractivity contribution in [1.82, 2.24) is 0 Å². The lowest BCUT2D eigenvalue weighted by atomic mass is 9.81. The van der Waals surface area contributed by atoms with Gasteiger partial charge >= 0.3 is 0 Å². The van der Waals surface area contributed by atoms with Gasteiger partial charge in [-0.1, -0.05) is 199 Å². The molecule has 0 radical (unpaired) electrons. The van der Waals surface area contributed by atoms with Crippen molar-refractivity contribution in [1.29, 1.82) is 0 Å². The van der Waals surface area contributed by atoms with Gasteiger partial charge in [0.2, 0.25) is 0 Å². The van der Waals surface area contributed by atoms with Crippen molar-refractivity contribution in [3.63, 3.8) is 0 Å². The SMILES string of the molecule is C/C=C\C=C/C.C=c1oc2ccccc2c1=C.CC.CC(C)(C)c1cc2ccc3c(-c4ccc(-c5ccc6c(c5)oc5ccccc56)cc4)cc(-c4ccc5c(c4)oc4ccccc45)c4ccc(c1)c2c34. The predicted octanol–water partition coefficient (Wildman–Crippen LogP) is 19.1. The predicted molar refractivity (Wildman–Crippen MR) is 307 cm³/mol. The van der Waals surface area contributed by atoms with Gasteiger partial charge in [0, 0.05) is 32.1 Å². The van der Waals surface area contributed by atoms with Gasteiger partial charge in [-0.05, 0) is 139 Å². The summed E-state index contributed by atoms with van der Waals surface area (Å²) in [5.74, 6) is 0. The highest BCUT2D eigenvalue weighted by molar-refractivity contribution is 6.28. The van der Waals surface area contributed by atoms with Gasteiger partial charge in [0.25, 0.3) is 0 Å². The third-order valence-corrected chi connectivity index (χ3v) is 13.5. The van der Waals surface area contributed by atoms with Crippen molar-refractivity contribution in [2.45, 2.75) is 53.9 Å². The number of furan rings is 3. The molecule has 13 aromatic rings. The van der Waals surface area contributed by atoms with Crippen molar-refractivity contribution < 1.29 is 13.3 Å². The molecule has 0 fully saturated rings. The highest BCUT2D eigenvalue weighted by Crippen LogP contribution is 2.46. The second kappa shape index (κ2) is 19.2. The second-order valence-electron chi connectivity index (χ2n) is 18.9. The molecule has 10 aromatic carbocycles. The summed E-state index contributed by atoms with van der Waals surface area (Å²) in [6, 6.07) is 63.1. The summed E-state index contributed by atoms with van der Waals surface area (Å²) < 4.78 is 17.9. The minimum absolute atomic E-state index is 0.0550. The maximum atomic E-state index is 6.39. The molecule has 0 amide bonds. The van der Waals surface area contributed by atoms with Crippen LogP contribution in [0.4, 0.5) is 0 Å². The highest BCUT2D eigenvalue weighted by Gasteiger charge is 2.21. The second-order valence-corrected chi connectivity index (χ2v) is 18.9. The Labute approximate surface area is 415 Å². The first kappa shape index (κ1) is 46.3. The van der Waals surface area contributed by atoms with Crippen molar-refractivity contribution in [2.75, 3.05) is 0 Å². The van der Waals surface area contributed by atoms with E-state index < -0.39 is 0 Å². The molecule has 0 spiro atoms. The number of hydrogen-bond acceptors (Lipinski definition) is 3. The first-order chi connectivity index (χ1) is 34.6. The Bertz CT molecular complexity index is 4190. The van der Waals surface area contributed by atoms with E-state index in [2.05, 4.69) is 161 Å². The van der Waals surface area contributed by atoms with E-state index >= 15 is 0 Å². The molecular formula is C68H58O3. The molecule has 0 atom stereocenters. The lowest BCUT2D eigenvalue weighted by Crippen LogP contribution is -2.15. The van der Waals surface area contributed by atoms with E-state index in [9.17, 15) is 0 Å². The summed E-state index contributed by atoms with van der Waals surface area (Å²) in [4.78, 5) is 0. The normalized spacial score (nSPS) is 11.9. The Morgan fingerprint density at radius 1 is 0.380 bits per heavy atom. The van der Waals surface area contributed by atoms with Gasteiger partial charge in [-0.2, -0.15) is 0 Å². The number of rotatable bonds is 4. The van der Waals surface area contributed by atoms with E-state index in [0.717, 1.165) is 76.8 Å². The Hall–Kier alpha value is -8.40. The third-order valence-electron chi connectivity index (χ3n) is 13.5. The lowest BCUT2D eigenvalue weighted by Gasteiger charge is -2.23. The van der Waals surface area contributed by atoms with Crippen LogP contribution in [0.5, 0.6) is 0 Å². The van der Waals surface area contributed by atoms with Gasteiger partial charge < -0.3 is 13.3 Å². The molecule has 3 heterocycles. The zero-order valence-corrected chi connectivity index (χ0v) is 41.7. The Morgan fingerprint density at radius 2 is 0.803 bits per heavy atom. The fourth-order valence-electron chi connectivity index (χ4n) is 9.84. The topological polar surface area (TPSA) is 39.4 Å². The van der Waals surface area contributed by atoms with Crippen molar-refractivity contribution >= 4 is 100 Å². The van der Waals surface area contributed by atoms with Crippen LogP contribution in [0.25, 0.3) is 134 Å². The fourth-order valence-corrected chi connectivity index (χ4v) is 9.84. The quantitative estimate of drug-likeness (QED) is 0.130. The highest BCUT2D eigenvalue weighted by atomic mass is 16.3. The maximum Gasteiger partial charge on any atom is 0.136 e. The molecule has 13 rings (SSSR count). The minimum Gasteiger partial charge on any atom is -0.457 e. The molecule has 0 aliphatic rings. The smallest absolute Gasteiger partial charge is 0.136 e. The first-order valence-corrected chi connectivity index (χ1v) is 24.7. The number of hydrogen-bond donors (Lipinski definition) is 0. The molecule has 0 saturated carbocycles. The Morgan fingerprint density at radius 3 is 1.32 bits per heavy atom. The van der Waals surface area contributed by atoms with Crippen LogP contribution in [0, 0.1) is 0 Å². The van der Waals surface area contributed by atoms with Gasteiger partial charge in [0.15, 0.2) is 0 Å².